The molecule has 0 rings (SSSR count). The van der Waals surface area contributed by atoms with E-state index in [1.165, 1.54) is 0 Å². The Labute approximate surface area is 382 Å². The summed E-state index contributed by atoms with van der Waals surface area (Å²) in [5.41, 5.74) is 0. The van der Waals surface area contributed by atoms with E-state index in [4.69, 9.17) is 14.2 Å². The van der Waals surface area contributed by atoms with Gasteiger partial charge in [-0.2, -0.15) is 0 Å². The normalized spacial score (nSPS) is 13.9. The summed E-state index contributed by atoms with van der Waals surface area (Å²) in [6, 6.07) is 0. The first-order valence-corrected chi connectivity index (χ1v) is 23.2. The fourth-order valence-electron chi connectivity index (χ4n) is 5.11. The van der Waals surface area contributed by atoms with E-state index in [2.05, 4.69) is 51.2 Å². The lowest BCUT2D eigenvalue weighted by Gasteiger charge is -2.18. The minimum atomic E-state index is -0.862. The van der Waals surface area contributed by atoms with Crippen molar-refractivity contribution in [2.45, 2.75) is 130 Å². The van der Waals surface area contributed by atoms with Gasteiger partial charge < -0.3 is 14.2 Å². The second-order valence-corrected chi connectivity index (χ2v) is 14.2. The van der Waals surface area contributed by atoms with Gasteiger partial charge in [0, 0.05) is 19.3 Å². The minimum Gasteiger partial charge on any atom is -0.462 e. The molecule has 6 nitrogen and oxygen atoms in total. The molecular weight excluding hydrogens is 781 g/mol. The molecule has 1 atom stereocenters. The Balaban J connectivity index is 4.71. The molecule has 0 bridgehead atoms. The Hall–Kier alpha value is -5.75. The number of allylic oxidation sites excluding steroid dienone is 32. The summed E-state index contributed by atoms with van der Waals surface area (Å²) in [5, 5.41) is 0. The predicted molar refractivity (Wildman–Crippen MR) is 269 cm³/mol. The largest absolute Gasteiger partial charge is 0.462 e. The van der Waals surface area contributed by atoms with Crippen LogP contribution in [0, 0.1) is 0 Å². The monoisotopic (exact) mass is 859 g/mol. The lowest BCUT2D eigenvalue weighted by Crippen LogP contribution is -2.30. The Bertz CT molecular complexity index is 1640. The molecule has 0 fully saturated rings. The third-order valence-corrected chi connectivity index (χ3v) is 8.49. The number of hydrogen-bond acceptors (Lipinski definition) is 6. The maximum absolute atomic E-state index is 12.7. The van der Waals surface area contributed by atoms with Gasteiger partial charge in [0.05, 0.1) is 0 Å². The van der Waals surface area contributed by atoms with Gasteiger partial charge in [-0.1, -0.05) is 228 Å². The number of esters is 3. The van der Waals surface area contributed by atoms with Crippen LogP contribution < -0.4 is 0 Å². The second-order valence-electron chi connectivity index (χ2n) is 14.2. The molecule has 0 spiro atoms. The van der Waals surface area contributed by atoms with Crippen LogP contribution in [0.25, 0.3) is 0 Å². The van der Waals surface area contributed by atoms with Crippen molar-refractivity contribution < 1.29 is 28.6 Å². The SMILES string of the molecule is CC/C=C/C=C/C=C/C=C/C=C/C=C/C=C/CCCCCC(=O)OCC(COC(=O)CCCCC/C=C/C=C/C=C/C=C/CC)OC(=O)CCC/C=C/C=C/C=C/C=C/C=C/CC. The number of carbonyl (C=O) groups excluding carboxylic acids is 3. The molecule has 342 valence electrons. The molecule has 0 aliphatic rings. The zero-order valence-corrected chi connectivity index (χ0v) is 38.7. The summed E-state index contributed by atoms with van der Waals surface area (Å²) in [7, 11) is 0. The van der Waals surface area contributed by atoms with Crippen molar-refractivity contribution in [1.82, 2.24) is 0 Å². The van der Waals surface area contributed by atoms with Gasteiger partial charge in [0.25, 0.3) is 0 Å². The molecule has 0 N–H and O–H groups in total. The third kappa shape index (κ3) is 47.2. The highest BCUT2D eigenvalue weighted by Crippen LogP contribution is 2.09. The standard InChI is InChI=1S/C57H78O6/c1-4-7-10-13-16-19-22-25-26-27-28-29-30-33-35-38-41-44-47-50-56(59)62-53-54(63-57(60)51-48-45-42-39-36-32-24-21-18-15-12-9-6-3)52-61-55(58)49-46-43-40-37-34-31-23-20-17-14-11-8-5-2/h7-36,39,42,54H,4-6,37-38,40-41,43-53H2,1-3H3/b10-7+,11-8+,12-9+,16-13+,17-14+,18-15+,22-19+,23-20+,24-21+,26-25+,28-27+,30-29+,34-31+,35-33+,36-32+,42-39+. The first kappa shape index (κ1) is 57.2. The molecule has 0 aromatic heterocycles. The van der Waals surface area contributed by atoms with Crippen molar-refractivity contribution in [3.8, 4) is 0 Å². The van der Waals surface area contributed by atoms with Crippen LogP contribution in [-0.4, -0.2) is 37.2 Å². The molecule has 6 heteroatoms. The molecule has 0 amide bonds. The molecule has 0 saturated heterocycles. The molecule has 0 aliphatic carbocycles. The second kappa shape index (κ2) is 48.9. The van der Waals surface area contributed by atoms with E-state index in [0.717, 1.165) is 57.8 Å². The smallest absolute Gasteiger partial charge is 0.306 e. The van der Waals surface area contributed by atoms with E-state index in [1.807, 2.05) is 164 Å². The summed E-state index contributed by atoms with van der Waals surface area (Å²) in [6.45, 7) is 6.01. The summed E-state index contributed by atoms with van der Waals surface area (Å²) in [5.74, 6) is -1.14. The molecular formula is C57H78O6. The lowest BCUT2D eigenvalue weighted by atomic mass is 10.1. The fraction of sp³-hybridized carbons (Fsp3) is 0.386. The van der Waals surface area contributed by atoms with Gasteiger partial charge in [-0.3, -0.25) is 14.4 Å². The van der Waals surface area contributed by atoms with E-state index in [1.54, 1.807) is 0 Å². The molecule has 0 aromatic rings. The highest BCUT2D eigenvalue weighted by molar-refractivity contribution is 5.71. The van der Waals surface area contributed by atoms with Gasteiger partial charge in [0.1, 0.15) is 13.2 Å². The van der Waals surface area contributed by atoms with Crippen molar-refractivity contribution in [3.05, 3.63) is 194 Å². The highest BCUT2D eigenvalue weighted by atomic mass is 16.6. The molecule has 0 aromatic carbocycles. The van der Waals surface area contributed by atoms with Gasteiger partial charge in [0.15, 0.2) is 6.10 Å². The van der Waals surface area contributed by atoms with Gasteiger partial charge in [-0.25, -0.2) is 0 Å². The molecule has 1 unspecified atom stereocenters. The summed E-state index contributed by atoms with van der Waals surface area (Å²) in [4.78, 5) is 37.8. The predicted octanol–water partition coefficient (Wildman–Crippen LogP) is 15.2. The molecule has 0 saturated carbocycles. The van der Waals surface area contributed by atoms with Crippen LogP contribution in [0.4, 0.5) is 0 Å². The Morgan fingerprint density at radius 1 is 0.317 bits per heavy atom. The molecule has 0 radical (unpaired) electrons. The van der Waals surface area contributed by atoms with Crippen LogP contribution in [-0.2, 0) is 28.6 Å². The number of hydrogen-bond donors (Lipinski definition) is 0. The Morgan fingerprint density at radius 2 is 0.587 bits per heavy atom. The van der Waals surface area contributed by atoms with Gasteiger partial charge >= 0.3 is 17.9 Å². The summed E-state index contributed by atoms with van der Waals surface area (Å²) < 4.78 is 16.6. The highest BCUT2D eigenvalue weighted by Gasteiger charge is 2.19. The van der Waals surface area contributed by atoms with Gasteiger partial charge in [0.2, 0.25) is 0 Å². The fourth-order valence-corrected chi connectivity index (χ4v) is 5.11. The topological polar surface area (TPSA) is 78.9 Å². The molecule has 0 heterocycles. The maximum atomic E-state index is 12.7. The quantitative estimate of drug-likeness (QED) is 0.0268. The average Bonchev–Trinajstić information content (AvgIpc) is 3.28. The number of ether oxygens (including phenoxy) is 3. The van der Waals surface area contributed by atoms with E-state index >= 15 is 0 Å². The number of unbranched alkanes of at least 4 members (excludes halogenated alkanes) is 7. The summed E-state index contributed by atoms with van der Waals surface area (Å²) in [6.07, 6.45) is 75.6. The zero-order valence-electron chi connectivity index (χ0n) is 38.7. The lowest BCUT2D eigenvalue weighted by molar-refractivity contribution is -0.167. The van der Waals surface area contributed by atoms with Gasteiger partial charge in [-0.05, 0) is 70.6 Å². The van der Waals surface area contributed by atoms with E-state index in [0.29, 0.717) is 25.7 Å². The first-order valence-electron chi connectivity index (χ1n) is 23.2. The van der Waals surface area contributed by atoms with Crippen LogP contribution in [0.3, 0.4) is 0 Å². The van der Waals surface area contributed by atoms with Crippen LogP contribution in [0.1, 0.15) is 124 Å². The maximum Gasteiger partial charge on any atom is 0.306 e. The van der Waals surface area contributed by atoms with Crippen LogP contribution in [0.15, 0.2) is 194 Å². The van der Waals surface area contributed by atoms with Crippen molar-refractivity contribution in [3.63, 3.8) is 0 Å². The Morgan fingerprint density at radius 3 is 0.905 bits per heavy atom. The van der Waals surface area contributed by atoms with E-state index < -0.39 is 12.1 Å². The minimum absolute atomic E-state index is 0.155. The van der Waals surface area contributed by atoms with Crippen molar-refractivity contribution in [2.75, 3.05) is 13.2 Å². The van der Waals surface area contributed by atoms with Crippen LogP contribution >= 0.6 is 0 Å². The third-order valence-electron chi connectivity index (χ3n) is 8.49. The number of carbonyl (C=O) groups is 3. The van der Waals surface area contributed by atoms with Crippen LogP contribution in [0.5, 0.6) is 0 Å². The summed E-state index contributed by atoms with van der Waals surface area (Å²) >= 11 is 0. The molecule has 0 aliphatic heterocycles. The average molecular weight is 859 g/mol. The van der Waals surface area contributed by atoms with Crippen molar-refractivity contribution in [2.24, 2.45) is 0 Å². The zero-order chi connectivity index (χ0) is 45.8. The van der Waals surface area contributed by atoms with E-state index in [9.17, 15) is 14.4 Å². The van der Waals surface area contributed by atoms with Crippen LogP contribution in [0.2, 0.25) is 0 Å². The number of rotatable bonds is 37. The van der Waals surface area contributed by atoms with Crippen molar-refractivity contribution in [1.29, 1.82) is 0 Å². The van der Waals surface area contributed by atoms with Crippen molar-refractivity contribution >= 4 is 17.9 Å². The molecule has 63 heavy (non-hydrogen) atoms. The first-order chi connectivity index (χ1) is 31.0. The Kier molecular flexibility index (Phi) is 44.4. The van der Waals surface area contributed by atoms with E-state index in [-0.39, 0.29) is 44.4 Å². The van der Waals surface area contributed by atoms with Gasteiger partial charge in [-0.15, -0.1) is 0 Å².